The summed E-state index contributed by atoms with van der Waals surface area (Å²) in [4.78, 5) is 26.6. The van der Waals surface area contributed by atoms with Crippen LogP contribution in [0.2, 0.25) is 0 Å². The van der Waals surface area contributed by atoms with Gasteiger partial charge >= 0.3 is 6.18 Å². The average Bonchev–Trinajstić information content (AvgIpc) is 3.57. The number of fused-ring (bicyclic) bond motifs is 1. The van der Waals surface area contributed by atoms with E-state index >= 15 is 0 Å². The molecule has 0 aromatic heterocycles. The summed E-state index contributed by atoms with van der Waals surface area (Å²) >= 11 is 0. The Morgan fingerprint density at radius 1 is 1.19 bits per heavy atom. The lowest BCUT2D eigenvalue weighted by Crippen LogP contribution is -2.38. The fourth-order valence-electron chi connectivity index (χ4n) is 3.63. The number of halogens is 3. The van der Waals surface area contributed by atoms with Crippen LogP contribution in [0, 0.1) is 5.92 Å². The number of carbonyl (C=O) groups is 2. The number of nitrogens with zero attached hydrogens (tertiary/aromatic N) is 1. The zero-order chi connectivity index (χ0) is 22.2. The standard InChI is InChI=1S/C23H23F3N2O3/c1-2-19-22(30)28(12-14-4-3-5-17(10-14)23(24,25)26)13-16-11-18(8-9-20(16)31-19)27-21(29)15-6-7-15/h3-5,8-11,15,19H,2,6-7,12-13H2,1H3,(H,27,29)/t19-/m1/s1. The molecule has 2 aromatic carbocycles. The first-order chi connectivity index (χ1) is 14.7. The first-order valence-electron chi connectivity index (χ1n) is 10.3. The van der Waals surface area contributed by atoms with E-state index in [1.807, 2.05) is 6.92 Å². The van der Waals surface area contributed by atoms with Crippen molar-refractivity contribution in [2.45, 2.75) is 51.6 Å². The fraction of sp³-hybridized carbons (Fsp3) is 0.391. The number of anilines is 1. The van der Waals surface area contributed by atoms with E-state index in [0.29, 0.717) is 29.0 Å². The average molecular weight is 432 g/mol. The Morgan fingerprint density at radius 3 is 2.65 bits per heavy atom. The molecule has 2 aromatic rings. The van der Waals surface area contributed by atoms with Crippen LogP contribution in [0.25, 0.3) is 0 Å². The predicted molar refractivity (Wildman–Crippen MR) is 108 cm³/mol. The zero-order valence-corrected chi connectivity index (χ0v) is 17.0. The molecule has 1 saturated carbocycles. The maximum absolute atomic E-state index is 13.1. The molecule has 0 spiro atoms. The number of benzene rings is 2. The Morgan fingerprint density at radius 2 is 1.97 bits per heavy atom. The molecule has 0 saturated heterocycles. The van der Waals surface area contributed by atoms with Crippen LogP contribution in [0.3, 0.4) is 0 Å². The van der Waals surface area contributed by atoms with Crippen LogP contribution in [-0.4, -0.2) is 22.8 Å². The van der Waals surface area contributed by atoms with Gasteiger partial charge in [0.2, 0.25) is 5.91 Å². The van der Waals surface area contributed by atoms with Crippen molar-refractivity contribution in [3.05, 3.63) is 59.2 Å². The molecule has 0 unspecified atom stereocenters. The van der Waals surface area contributed by atoms with Gasteiger partial charge in [-0.2, -0.15) is 13.2 Å². The first kappa shape index (κ1) is 21.2. The molecule has 1 aliphatic carbocycles. The van der Waals surface area contributed by atoms with E-state index in [9.17, 15) is 22.8 Å². The van der Waals surface area contributed by atoms with Crippen molar-refractivity contribution in [3.63, 3.8) is 0 Å². The third-order valence-corrected chi connectivity index (χ3v) is 5.49. The molecule has 1 aliphatic heterocycles. The number of nitrogens with one attached hydrogen (secondary N) is 1. The molecule has 31 heavy (non-hydrogen) atoms. The molecular formula is C23H23F3N2O3. The second kappa shape index (κ2) is 8.24. The van der Waals surface area contributed by atoms with Crippen molar-refractivity contribution in [1.29, 1.82) is 0 Å². The third kappa shape index (κ3) is 4.84. The van der Waals surface area contributed by atoms with E-state index in [-0.39, 0.29) is 30.8 Å². The topological polar surface area (TPSA) is 58.6 Å². The third-order valence-electron chi connectivity index (χ3n) is 5.49. The molecule has 1 N–H and O–H groups in total. The summed E-state index contributed by atoms with van der Waals surface area (Å²) in [5.41, 5.74) is 0.950. The van der Waals surface area contributed by atoms with E-state index in [4.69, 9.17) is 4.74 Å². The van der Waals surface area contributed by atoms with Crippen LogP contribution < -0.4 is 10.1 Å². The maximum atomic E-state index is 13.1. The van der Waals surface area contributed by atoms with E-state index < -0.39 is 17.8 Å². The number of carbonyl (C=O) groups excluding carboxylic acids is 2. The van der Waals surface area contributed by atoms with Gasteiger partial charge in [0.1, 0.15) is 5.75 Å². The molecule has 1 fully saturated rings. The SMILES string of the molecule is CC[C@H]1Oc2ccc(NC(=O)C3CC3)cc2CN(Cc2cccc(C(F)(F)F)c2)C1=O. The van der Waals surface area contributed by atoms with Gasteiger partial charge in [0.05, 0.1) is 5.56 Å². The van der Waals surface area contributed by atoms with Crippen LogP contribution >= 0.6 is 0 Å². The number of amides is 2. The van der Waals surface area contributed by atoms with Gasteiger partial charge in [-0.15, -0.1) is 0 Å². The summed E-state index contributed by atoms with van der Waals surface area (Å²) in [6.07, 6.45) is -2.97. The van der Waals surface area contributed by atoms with Gasteiger partial charge in [-0.3, -0.25) is 9.59 Å². The van der Waals surface area contributed by atoms with Crippen molar-refractivity contribution >= 4 is 17.5 Å². The largest absolute Gasteiger partial charge is 0.480 e. The number of alkyl halides is 3. The number of hydrogen-bond acceptors (Lipinski definition) is 3. The van der Waals surface area contributed by atoms with Crippen molar-refractivity contribution in [3.8, 4) is 5.75 Å². The molecule has 164 valence electrons. The minimum absolute atomic E-state index is 0.0285. The van der Waals surface area contributed by atoms with Crippen molar-refractivity contribution in [2.24, 2.45) is 5.92 Å². The van der Waals surface area contributed by atoms with Crippen LogP contribution in [0.1, 0.15) is 42.9 Å². The lowest BCUT2D eigenvalue weighted by molar-refractivity contribution is -0.139. The Hall–Kier alpha value is -3.03. The maximum Gasteiger partial charge on any atom is 0.416 e. The van der Waals surface area contributed by atoms with Gasteiger partial charge in [-0.25, -0.2) is 0 Å². The first-order valence-corrected chi connectivity index (χ1v) is 10.3. The summed E-state index contributed by atoms with van der Waals surface area (Å²) in [6, 6.07) is 10.2. The molecule has 8 heteroatoms. The fourth-order valence-corrected chi connectivity index (χ4v) is 3.63. The van der Waals surface area contributed by atoms with Gasteiger partial charge in [0.15, 0.2) is 6.10 Å². The molecule has 0 bridgehead atoms. The molecule has 1 heterocycles. The van der Waals surface area contributed by atoms with Crippen LogP contribution in [0.5, 0.6) is 5.75 Å². The van der Waals surface area contributed by atoms with Gasteiger partial charge in [-0.05, 0) is 55.2 Å². The van der Waals surface area contributed by atoms with Gasteiger partial charge in [0.25, 0.3) is 5.91 Å². The van der Waals surface area contributed by atoms with Crippen molar-refractivity contribution in [1.82, 2.24) is 4.90 Å². The minimum atomic E-state index is -4.45. The monoisotopic (exact) mass is 432 g/mol. The van der Waals surface area contributed by atoms with Gasteiger partial charge in [0, 0.05) is 30.3 Å². The van der Waals surface area contributed by atoms with Gasteiger partial charge in [-0.1, -0.05) is 19.1 Å². The molecule has 0 radical (unpaired) electrons. The molecule has 1 atom stereocenters. The quantitative estimate of drug-likeness (QED) is 0.742. The normalized spacial score (nSPS) is 18.8. The summed E-state index contributed by atoms with van der Waals surface area (Å²) in [7, 11) is 0. The predicted octanol–water partition coefficient (Wildman–Crippen LogP) is 4.75. The highest BCUT2D eigenvalue weighted by Crippen LogP contribution is 2.34. The number of hydrogen-bond donors (Lipinski definition) is 1. The zero-order valence-electron chi connectivity index (χ0n) is 17.0. The molecule has 2 aliphatic rings. The highest BCUT2D eigenvalue weighted by Gasteiger charge is 2.33. The van der Waals surface area contributed by atoms with Crippen LogP contribution in [0.4, 0.5) is 18.9 Å². The van der Waals surface area contributed by atoms with Crippen LogP contribution in [0.15, 0.2) is 42.5 Å². The Bertz CT molecular complexity index is 1000. The molecule has 4 rings (SSSR count). The van der Waals surface area contributed by atoms with Crippen molar-refractivity contribution in [2.75, 3.05) is 5.32 Å². The highest BCUT2D eigenvalue weighted by molar-refractivity contribution is 5.94. The van der Waals surface area contributed by atoms with Crippen molar-refractivity contribution < 1.29 is 27.5 Å². The minimum Gasteiger partial charge on any atom is -0.480 e. The number of rotatable bonds is 5. The molecular weight excluding hydrogens is 409 g/mol. The van der Waals surface area contributed by atoms with Crippen LogP contribution in [-0.2, 0) is 28.9 Å². The second-order valence-corrected chi connectivity index (χ2v) is 7.99. The smallest absolute Gasteiger partial charge is 0.416 e. The summed E-state index contributed by atoms with van der Waals surface area (Å²) < 4.78 is 45.1. The van der Waals surface area contributed by atoms with E-state index in [2.05, 4.69) is 5.32 Å². The highest BCUT2D eigenvalue weighted by atomic mass is 19.4. The Labute approximate surface area is 178 Å². The van der Waals surface area contributed by atoms with Gasteiger partial charge < -0.3 is 15.0 Å². The lowest BCUT2D eigenvalue weighted by atomic mass is 10.1. The lowest BCUT2D eigenvalue weighted by Gasteiger charge is -2.23. The van der Waals surface area contributed by atoms with E-state index in [0.717, 1.165) is 25.0 Å². The van der Waals surface area contributed by atoms with E-state index in [1.165, 1.54) is 11.0 Å². The Balaban J connectivity index is 1.59. The second-order valence-electron chi connectivity index (χ2n) is 7.99. The summed E-state index contributed by atoms with van der Waals surface area (Å²) in [5, 5.41) is 2.88. The molecule has 2 amide bonds. The summed E-state index contributed by atoms with van der Waals surface area (Å²) in [5.74, 6) is 0.284. The Kier molecular flexibility index (Phi) is 5.64. The molecule has 5 nitrogen and oxygen atoms in total. The number of ether oxygens (including phenoxy) is 1. The van der Waals surface area contributed by atoms with E-state index in [1.54, 1.807) is 24.3 Å². The summed E-state index contributed by atoms with van der Waals surface area (Å²) in [6.45, 7) is 2.02.